The van der Waals surface area contributed by atoms with Crippen LogP contribution >= 0.6 is 18.1 Å². The largest absolute Gasteiger partial charge is 0.422 e. The van der Waals surface area contributed by atoms with E-state index in [-0.39, 0.29) is 5.78 Å². The van der Waals surface area contributed by atoms with E-state index in [1.54, 1.807) is 19.1 Å². The minimum absolute atomic E-state index is 0.160. The van der Waals surface area contributed by atoms with Crippen molar-refractivity contribution in [2.24, 2.45) is 0 Å². The van der Waals surface area contributed by atoms with Gasteiger partial charge in [-0.05, 0) is 25.3 Å². The Morgan fingerprint density at radius 3 is 2.60 bits per heavy atom. The van der Waals surface area contributed by atoms with Crippen molar-refractivity contribution in [2.75, 3.05) is 0 Å². The minimum Gasteiger partial charge on any atom is -0.422 e. The maximum absolute atomic E-state index is 12.2. The van der Waals surface area contributed by atoms with E-state index in [4.69, 9.17) is 15.8 Å². The third kappa shape index (κ3) is 3.60. The first-order chi connectivity index (χ1) is 9.39. The number of nitrogens with one attached hydrogen (secondary N) is 1. The number of hydrogen-bond donors (Lipinski definition) is 1. The zero-order chi connectivity index (χ0) is 14.8. The first-order valence-electron chi connectivity index (χ1n) is 6.14. The number of Topliss-reactive ketones (excluding diaryl/α,β-unsaturated/α-hetero) is 1. The molecule has 1 unspecified atom stereocenters. The SMILES string of the molecule is CC(=O)[C@H](C)NP(=O)(Cl)Oc1cccc2ccccc12. The van der Waals surface area contributed by atoms with Gasteiger partial charge in [0.05, 0.1) is 6.04 Å². The van der Waals surface area contributed by atoms with Gasteiger partial charge in [-0.3, -0.25) is 4.79 Å². The van der Waals surface area contributed by atoms with Crippen LogP contribution in [0.1, 0.15) is 13.8 Å². The van der Waals surface area contributed by atoms with E-state index in [1.807, 2.05) is 30.3 Å². The molecule has 2 atom stereocenters. The summed E-state index contributed by atoms with van der Waals surface area (Å²) in [7, 11) is 0. The molecule has 2 rings (SSSR count). The van der Waals surface area contributed by atoms with E-state index in [2.05, 4.69) is 5.09 Å². The van der Waals surface area contributed by atoms with Crippen molar-refractivity contribution in [3.8, 4) is 5.75 Å². The molecule has 0 aliphatic carbocycles. The fraction of sp³-hybridized carbons (Fsp3) is 0.214. The van der Waals surface area contributed by atoms with Crippen molar-refractivity contribution < 1.29 is 13.9 Å². The molecule has 0 spiro atoms. The molecule has 0 heterocycles. The van der Waals surface area contributed by atoms with Gasteiger partial charge in [0.2, 0.25) is 0 Å². The number of hydrogen-bond acceptors (Lipinski definition) is 3. The molecule has 0 amide bonds. The molecular weight excluding hydrogens is 297 g/mol. The molecule has 6 heteroatoms. The van der Waals surface area contributed by atoms with Crippen LogP contribution in [-0.4, -0.2) is 11.8 Å². The van der Waals surface area contributed by atoms with Gasteiger partial charge >= 0.3 is 6.87 Å². The normalized spacial score (nSPS) is 15.6. The van der Waals surface area contributed by atoms with Gasteiger partial charge < -0.3 is 4.52 Å². The molecule has 1 N–H and O–H groups in total. The van der Waals surface area contributed by atoms with Crippen LogP contribution < -0.4 is 9.61 Å². The first-order valence-corrected chi connectivity index (χ1v) is 8.67. The lowest BCUT2D eigenvalue weighted by atomic mass is 10.1. The van der Waals surface area contributed by atoms with Crippen molar-refractivity contribution in [2.45, 2.75) is 19.9 Å². The van der Waals surface area contributed by atoms with E-state index >= 15 is 0 Å². The maximum atomic E-state index is 12.2. The van der Waals surface area contributed by atoms with Crippen molar-refractivity contribution in [1.82, 2.24) is 5.09 Å². The third-order valence-corrected chi connectivity index (χ3v) is 4.55. The van der Waals surface area contributed by atoms with Gasteiger partial charge in [-0.1, -0.05) is 36.4 Å². The summed E-state index contributed by atoms with van der Waals surface area (Å²) in [6, 6.07) is 12.3. The topological polar surface area (TPSA) is 55.4 Å². The fourth-order valence-electron chi connectivity index (χ4n) is 1.75. The van der Waals surface area contributed by atoms with Crippen LogP contribution in [0.2, 0.25) is 0 Å². The molecular formula is C14H15ClNO3P. The Balaban J connectivity index is 2.27. The highest BCUT2D eigenvalue weighted by Crippen LogP contribution is 2.49. The highest BCUT2D eigenvalue weighted by atomic mass is 35.7. The van der Waals surface area contributed by atoms with Gasteiger partial charge in [-0.15, -0.1) is 0 Å². The number of carbonyl (C=O) groups excluding carboxylic acids is 1. The van der Waals surface area contributed by atoms with Crippen molar-refractivity contribution in [3.63, 3.8) is 0 Å². The molecule has 0 aliphatic rings. The Bertz CT molecular complexity index is 684. The van der Waals surface area contributed by atoms with Gasteiger partial charge in [0.1, 0.15) is 11.5 Å². The van der Waals surface area contributed by atoms with Crippen molar-refractivity contribution in [3.05, 3.63) is 42.5 Å². The lowest BCUT2D eigenvalue weighted by Gasteiger charge is -2.18. The van der Waals surface area contributed by atoms with E-state index in [0.717, 1.165) is 10.8 Å². The zero-order valence-electron chi connectivity index (χ0n) is 11.2. The number of ketones is 1. The summed E-state index contributed by atoms with van der Waals surface area (Å²) in [5.74, 6) is 0.261. The van der Waals surface area contributed by atoms with Gasteiger partial charge in [0.25, 0.3) is 0 Å². The van der Waals surface area contributed by atoms with Crippen LogP contribution in [0.15, 0.2) is 42.5 Å². The van der Waals surface area contributed by atoms with Gasteiger partial charge in [0.15, 0.2) is 0 Å². The lowest BCUT2D eigenvalue weighted by molar-refractivity contribution is -0.118. The quantitative estimate of drug-likeness (QED) is 0.843. The monoisotopic (exact) mass is 311 g/mol. The Morgan fingerprint density at radius 1 is 1.25 bits per heavy atom. The number of halogens is 1. The first kappa shape index (κ1) is 15.0. The Morgan fingerprint density at radius 2 is 1.90 bits per heavy atom. The van der Waals surface area contributed by atoms with Crippen molar-refractivity contribution in [1.29, 1.82) is 0 Å². The summed E-state index contributed by atoms with van der Waals surface area (Å²) in [5, 5.41) is 4.29. The second-order valence-corrected chi connectivity index (χ2v) is 7.24. The highest BCUT2D eigenvalue weighted by molar-refractivity contribution is 7.84. The Labute approximate surface area is 122 Å². The van der Waals surface area contributed by atoms with Crippen LogP contribution in [0, 0.1) is 0 Å². The fourth-order valence-corrected chi connectivity index (χ4v) is 3.52. The molecule has 20 heavy (non-hydrogen) atoms. The molecule has 0 saturated heterocycles. The molecule has 0 radical (unpaired) electrons. The standard InChI is InChI=1S/C14H15ClNO3P/c1-10(11(2)17)16-20(15,18)19-14-9-5-7-12-6-3-4-8-13(12)14/h3-10H,1-2H3,(H,16,18)/t10-,20?/m0/s1. The summed E-state index contributed by atoms with van der Waals surface area (Å²) in [4.78, 5) is 11.2. The summed E-state index contributed by atoms with van der Waals surface area (Å²) < 4.78 is 17.6. The lowest BCUT2D eigenvalue weighted by Crippen LogP contribution is -2.29. The molecule has 0 aromatic heterocycles. The number of fused-ring (bicyclic) bond motifs is 1. The summed E-state index contributed by atoms with van der Waals surface area (Å²) >= 11 is 5.88. The van der Waals surface area contributed by atoms with Crippen LogP contribution in [0.5, 0.6) is 5.75 Å². The van der Waals surface area contributed by atoms with Crippen LogP contribution in [0.25, 0.3) is 10.8 Å². The molecule has 0 aliphatic heterocycles. The Hall–Kier alpha value is -1.35. The van der Waals surface area contributed by atoms with E-state index < -0.39 is 12.9 Å². The van der Waals surface area contributed by atoms with Gasteiger partial charge in [-0.25, -0.2) is 9.65 Å². The summed E-state index contributed by atoms with van der Waals surface area (Å²) in [6.45, 7) is -0.645. The highest BCUT2D eigenvalue weighted by Gasteiger charge is 2.26. The van der Waals surface area contributed by atoms with E-state index in [9.17, 15) is 9.36 Å². The predicted molar refractivity (Wildman–Crippen MR) is 81.3 cm³/mol. The average molecular weight is 312 g/mol. The van der Waals surface area contributed by atoms with Crippen LogP contribution in [0.3, 0.4) is 0 Å². The minimum atomic E-state index is -3.63. The van der Waals surface area contributed by atoms with E-state index in [0.29, 0.717) is 5.75 Å². The molecule has 106 valence electrons. The maximum Gasteiger partial charge on any atom is 0.409 e. The number of benzene rings is 2. The van der Waals surface area contributed by atoms with Gasteiger partial charge in [-0.2, -0.15) is 0 Å². The molecule has 0 saturated carbocycles. The van der Waals surface area contributed by atoms with Crippen LogP contribution in [-0.2, 0) is 9.36 Å². The second kappa shape index (κ2) is 5.96. The van der Waals surface area contributed by atoms with E-state index in [1.165, 1.54) is 6.92 Å². The molecule has 0 fully saturated rings. The molecule has 4 nitrogen and oxygen atoms in total. The molecule has 2 aromatic rings. The third-order valence-electron chi connectivity index (χ3n) is 2.92. The number of carbonyl (C=O) groups is 1. The van der Waals surface area contributed by atoms with Crippen LogP contribution in [0.4, 0.5) is 0 Å². The number of rotatable bonds is 5. The second-order valence-electron chi connectivity index (χ2n) is 4.51. The predicted octanol–water partition coefficient (Wildman–Crippen LogP) is 4.13. The summed E-state index contributed by atoms with van der Waals surface area (Å²) in [5.41, 5.74) is 0. The van der Waals surface area contributed by atoms with Gasteiger partial charge in [0, 0.05) is 16.6 Å². The molecule has 0 bridgehead atoms. The van der Waals surface area contributed by atoms with Crippen molar-refractivity contribution >= 4 is 34.7 Å². The average Bonchev–Trinajstić information content (AvgIpc) is 2.38. The zero-order valence-corrected chi connectivity index (χ0v) is 12.8. The smallest absolute Gasteiger partial charge is 0.409 e. The summed E-state index contributed by atoms with van der Waals surface area (Å²) in [6.07, 6.45) is 0. The molecule has 2 aromatic carbocycles. The Kier molecular flexibility index (Phi) is 4.48.